The van der Waals surface area contributed by atoms with Crippen molar-refractivity contribution < 1.29 is 14.4 Å². The fourth-order valence-electron chi connectivity index (χ4n) is 2.92. The molecule has 1 aliphatic rings. The summed E-state index contributed by atoms with van der Waals surface area (Å²) in [6, 6.07) is 14.4. The zero-order valence-electron chi connectivity index (χ0n) is 15.0. The standard InChI is InChI=1S/C21H22N2O3/c1-14(2)13-22-19(24)16-8-9-17-18(12-16)21(26)23(20(17)25)11-10-15-6-4-3-5-7-15/h3-9,12,14H,10-11,13H2,1-2H3,(H,22,24). The van der Waals surface area contributed by atoms with Crippen LogP contribution in [0.4, 0.5) is 0 Å². The summed E-state index contributed by atoms with van der Waals surface area (Å²) in [5.74, 6) is -0.524. The molecule has 0 saturated heterocycles. The van der Waals surface area contributed by atoms with Crippen LogP contribution < -0.4 is 5.32 Å². The molecule has 0 radical (unpaired) electrons. The van der Waals surface area contributed by atoms with Crippen molar-refractivity contribution in [3.8, 4) is 0 Å². The average Bonchev–Trinajstić information content (AvgIpc) is 2.89. The number of nitrogens with zero attached hydrogens (tertiary/aromatic N) is 1. The summed E-state index contributed by atoms with van der Waals surface area (Å²) < 4.78 is 0. The van der Waals surface area contributed by atoms with Gasteiger partial charge >= 0.3 is 0 Å². The van der Waals surface area contributed by atoms with Crippen molar-refractivity contribution in [2.24, 2.45) is 5.92 Å². The fourth-order valence-corrected chi connectivity index (χ4v) is 2.92. The Morgan fingerprint density at radius 3 is 2.38 bits per heavy atom. The highest BCUT2D eigenvalue weighted by Crippen LogP contribution is 2.24. The highest BCUT2D eigenvalue weighted by atomic mass is 16.2. The zero-order valence-corrected chi connectivity index (χ0v) is 15.0. The highest BCUT2D eigenvalue weighted by Gasteiger charge is 2.35. The third-order valence-electron chi connectivity index (χ3n) is 4.37. The van der Waals surface area contributed by atoms with Crippen LogP contribution in [-0.4, -0.2) is 35.7 Å². The molecule has 0 aromatic heterocycles. The van der Waals surface area contributed by atoms with Gasteiger partial charge in [-0.15, -0.1) is 0 Å². The minimum atomic E-state index is -0.334. The lowest BCUT2D eigenvalue weighted by atomic mass is 10.1. The van der Waals surface area contributed by atoms with Gasteiger partial charge in [0.05, 0.1) is 11.1 Å². The van der Waals surface area contributed by atoms with Crippen LogP contribution in [0.3, 0.4) is 0 Å². The molecule has 0 fully saturated rings. The molecule has 0 spiro atoms. The predicted molar refractivity (Wildman–Crippen MR) is 99.1 cm³/mol. The molecule has 134 valence electrons. The Hall–Kier alpha value is -2.95. The molecule has 26 heavy (non-hydrogen) atoms. The van der Waals surface area contributed by atoms with Gasteiger partial charge < -0.3 is 5.32 Å². The topological polar surface area (TPSA) is 66.5 Å². The first-order valence-corrected chi connectivity index (χ1v) is 8.79. The molecule has 0 atom stereocenters. The van der Waals surface area contributed by atoms with E-state index in [0.29, 0.717) is 42.1 Å². The zero-order chi connectivity index (χ0) is 18.7. The van der Waals surface area contributed by atoms with Gasteiger partial charge in [-0.1, -0.05) is 44.2 Å². The van der Waals surface area contributed by atoms with Crippen molar-refractivity contribution in [2.75, 3.05) is 13.1 Å². The average molecular weight is 350 g/mol. The van der Waals surface area contributed by atoms with Crippen LogP contribution in [0.2, 0.25) is 0 Å². The molecule has 5 heteroatoms. The lowest BCUT2D eigenvalue weighted by molar-refractivity contribution is 0.0656. The molecule has 1 heterocycles. The third kappa shape index (κ3) is 3.67. The maximum absolute atomic E-state index is 12.6. The number of imide groups is 1. The van der Waals surface area contributed by atoms with Crippen molar-refractivity contribution in [2.45, 2.75) is 20.3 Å². The molecule has 0 aliphatic carbocycles. The number of benzene rings is 2. The Kier molecular flexibility index (Phi) is 5.16. The van der Waals surface area contributed by atoms with E-state index in [-0.39, 0.29) is 17.7 Å². The van der Waals surface area contributed by atoms with Crippen LogP contribution in [0.1, 0.15) is 50.5 Å². The molecule has 2 aromatic carbocycles. The van der Waals surface area contributed by atoms with E-state index >= 15 is 0 Å². The van der Waals surface area contributed by atoms with Gasteiger partial charge in [0, 0.05) is 18.7 Å². The van der Waals surface area contributed by atoms with Crippen LogP contribution in [0.25, 0.3) is 0 Å². The number of fused-ring (bicyclic) bond motifs is 1. The molecular weight excluding hydrogens is 328 g/mol. The van der Waals surface area contributed by atoms with E-state index in [4.69, 9.17) is 0 Å². The lowest BCUT2D eigenvalue weighted by Gasteiger charge is -2.13. The molecule has 2 aromatic rings. The summed E-state index contributed by atoms with van der Waals surface area (Å²) in [5.41, 5.74) is 2.14. The van der Waals surface area contributed by atoms with Crippen LogP contribution >= 0.6 is 0 Å². The van der Waals surface area contributed by atoms with Gasteiger partial charge in [-0.25, -0.2) is 0 Å². The summed E-state index contributed by atoms with van der Waals surface area (Å²) in [6.07, 6.45) is 0.605. The second kappa shape index (κ2) is 7.52. The number of nitrogens with one attached hydrogen (secondary N) is 1. The molecule has 1 N–H and O–H groups in total. The van der Waals surface area contributed by atoms with Gasteiger partial charge in [-0.2, -0.15) is 0 Å². The van der Waals surface area contributed by atoms with Crippen LogP contribution in [-0.2, 0) is 6.42 Å². The Balaban J connectivity index is 1.74. The highest BCUT2D eigenvalue weighted by molar-refractivity contribution is 6.22. The van der Waals surface area contributed by atoms with E-state index in [1.807, 2.05) is 44.2 Å². The number of carbonyl (C=O) groups is 3. The summed E-state index contributed by atoms with van der Waals surface area (Å²) in [4.78, 5) is 38.6. The van der Waals surface area contributed by atoms with Crippen molar-refractivity contribution in [3.05, 3.63) is 70.8 Å². The van der Waals surface area contributed by atoms with E-state index in [0.717, 1.165) is 5.56 Å². The number of hydrogen-bond acceptors (Lipinski definition) is 3. The van der Waals surface area contributed by atoms with Crippen molar-refractivity contribution in [1.82, 2.24) is 10.2 Å². The molecule has 0 unspecified atom stereocenters. The summed E-state index contributed by atoms with van der Waals surface area (Å²) in [5, 5.41) is 2.82. The summed E-state index contributed by atoms with van der Waals surface area (Å²) in [6.45, 7) is 4.91. The smallest absolute Gasteiger partial charge is 0.261 e. The fraction of sp³-hybridized carbons (Fsp3) is 0.286. The van der Waals surface area contributed by atoms with E-state index in [1.54, 1.807) is 12.1 Å². The maximum Gasteiger partial charge on any atom is 0.261 e. The van der Waals surface area contributed by atoms with Gasteiger partial charge in [0.1, 0.15) is 0 Å². The Bertz CT molecular complexity index is 844. The summed E-state index contributed by atoms with van der Waals surface area (Å²) in [7, 11) is 0. The van der Waals surface area contributed by atoms with Gasteiger partial charge in [0.15, 0.2) is 0 Å². The number of carbonyl (C=O) groups excluding carboxylic acids is 3. The SMILES string of the molecule is CC(C)CNC(=O)c1ccc2c(c1)C(=O)N(CCc1ccccc1)C2=O. The van der Waals surface area contributed by atoms with Crippen LogP contribution in [0, 0.1) is 5.92 Å². The van der Waals surface area contributed by atoms with Gasteiger partial charge in [-0.05, 0) is 36.1 Å². The lowest BCUT2D eigenvalue weighted by Crippen LogP contribution is -2.31. The molecule has 5 nitrogen and oxygen atoms in total. The minimum absolute atomic E-state index is 0.232. The predicted octanol–water partition coefficient (Wildman–Crippen LogP) is 2.91. The van der Waals surface area contributed by atoms with E-state index in [2.05, 4.69) is 5.32 Å². The van der Waals surface area contributed by atoms with E-state index in [1.165, 1.54) is 11.0 Å². The number of hydrogen-bond donors (Lipinski definition) is 1. The van der Waals surface area contributed by atoms with Crippen molar-refractivity contribution in [3.63, 3.8) is 0 Å². The van der Waals surface area contributed by atoms with E-state index in [9.17, 15) is 14.4 Å². The van der Waals surface area contributed by atoms with Crippen LogP contribution in [0.5, 0.6) is 0 Å². The number of rotatable bonds is 6. The van der Waals surface area contributed by atoms with Gasteiger partial charge in [-0.3, -0.25) is 19.3 Å². The monoisotopic (exact) mass is 350 g/mol. The van der Waals surface area contributed by atoms with Crippen molar-refractivity contribution in [1.29, 1.82) is 0 Å². The second-order valence-electron chi connectivity index (χ2n) is 6.86. The first-order chi connectivity index (χ1) is 12.5. The molecular formula is C21H22N2O3. The first-order valence-electron chi connectivity index (χ1n) is 8.79. The van der Waals surface area contributed by atoms with Crippen molar-refractivity contribution >= 4 is 17.7 Å². The maximum atomic E-state index is 12.6. The quantitative estimate of drug-likeness (QED) is 0.815. The van der Waals surface area contributed by atoms with Gasteiger partial charge in [0.2, 0.25) is 0 Å². The molecule has 0 saturated carbocycles. The minimum Gasteiger partial charge on any atom is -0.352 e. The first kappa shape index (κ1) is 17.9. The molecule has 3 rings (SSSR count). The Morgan fingerprint density at radius 1 is 1.00 bits per heavy atom. The van der Waals surface area contributed by atoms with Gasteiger partial charge in [0.25, 0.3) is 17.7 Å². The second-order valence-corrected chi connectivity index (χ2v) is 6.86. The molecule has 0 bridgehead atoms. The van der Waals surface area contributed by atoms with Crippen LogP contribution in [0.15, 0.2) is 48.5 Å². The Morgan fingerprint density at radius 2 is 1.69 bits per heavy atom. The van der Waals surface area contributed by atoms with E-state index < -0.39 is 0 Å². The molecule has 3 amide bonds. The normalized spacial score (nSPS) is 13.3. The largest absolute Gasteiger partial charge is 0.352 e. The summed E-state index contributed by atoms with van der Waals surface area (Å²) >= 11 is 0. The third-order valence-corrected chi connectivity index (χ3v) is 4.37. The Labute approximate surface area is 153 Å². The molecule has 1 aliphatic heterocycles. The number of amides is 3.